The van der Waals surface area contributed by atoms with Crippen LogP contribution in [0, 0.1) is 13.8 Å². The second-order valence-electron chi connectivity index (χ2n) is 4.94. The van der Waals surface area contributed by atoms with Crippen molar-refractivity contribution in [2.45, 2.75) is 20.8 Å². The van der Waals surface area contributed by atoms with Gasteiger partial charge in [-0.15, -0.1) is 11.3 Å². The van der Waals surface area contributed by atoms with Crippen LogP contribution in [0.4, 0.5) is 5.69 Å². The molecule has 2 aromatic heterocycles. The van der Waals surface area contributed by atoms with E-state index in [1.165, 1.54) is 22.8 Å². The summed E-state index contributed by atoms with van der Waals surface area (Å²) in [6, 6.07) is 9.07. The van der Waals surface area contributed by atoms with Gasteiger partial charge in [-0.3, -0.25) is 4.79 Å². The molecule has 0 saturated heterocycles. The van der Waals surface area contributed by atoms with Gasteiger partial charge in [0, 0.05) is 11.8 Å². The molecular weight excluding hydrogens is 300 g/mol. The van der Waals surface area contributed by atoms with Crippen LogP contribution >= 0.6 is 11.3 Å². The fraction of sp³-hybridized carbons (Fsp3) is 0.188. The number of carbonyl (C=O) groups is 1. The van der Waals surface area contributed by atoms with Crippen LogP contribution in [0.15, 0.2) is 44.5 Å². The maximum Gasteiger partial charge on any atom is 0.349 e. The molecule has 5 nitrogen and oxygen atoms in total. The molecule has 0 aliphatic carbocycles. The largest absolute Gasteiger partial charge is 0.388 e. The first kappa shape index (κ1) is 14.5. The number of aromatic nitrogens is 1. The van der Waals surface area contributed by atoms with E-state index in [0.29, 0.717) is 15.9 Å². The van der Waals surface area contributed by atoms with Crippen molar-refractivity contribution in [1.82, 2.24) is 4.57 Å². The lowest BCUT2D eigenvalue weighted by Crippen LogP contribution is -2.29. The van der Waals surface area contributed by atoms with Crippen molar-refractivity contribution in [2.75, 3.05) is 0 Å². The molecule has 0 fully saturated rings. The van der Waals surface area contributed by atoms with E-state index in [2.05, 4.69) is 4.99 Å². The van der Waals surface area contributed by atoms with Gasteiger partial charge in [0.2, 0.25) is 5.91 Å². The highest BCUT2D eigenvalue weighted by atomic mass is 32.1. The fourth-order valence-electron chi connectivity index (χ4n) is 2.24. The first-order valence-electron chi connectivity index (χ1n) is 6.75. The number of rotatable bonds is 1. The summed E-state index contributed by atoms with van der Waals surface area (Å²) in [5.74, 6) is -0.246. The number of nitrogens with zero attached hydrogens (tertiary/aromatic N) is 2. The van der Waals surface area contributed by atoms with Crippen molar-refractivity contribution >= 4 is 33.1 Å². The molecular formula is C16H14N2O3S. The van der Waals surface area contributed by atoms with Crippen LogP contribution in [-0.4, -0.2) is 10.5 Å². The van der Waals surface area contributed by atoms with E-state index < -0.39 is 5.63 Å². The number of hydrogen-bond donors (Lipinski definition) is 0. The van der Waals surface area contributed by atoms with E-state index in [9.17, 15) is 9.59 Å². The molecule has 2 heterocycles. The van der Waals surface area contributed by atoms with Crippen LogP contribution in [0.3, 0.4) is 0 Å². The van der Waals surface area contributed by atoms with Crippen LogP contribution in [0.2, 0.25) is 0 Å². The van der Waals surface area contributed by atoms with E-state index >= 15 is 0 Å². The highest BCUT2D eigenvalue weighted by molar-refractivity contribution is 7.18. The molecule has 1 aromatic carbocycles. The van der Waals surface area contributed by atoms with E-state index in [4.69, 9.17) is 4.42 Å². The minimum absolute atomic E-state index is 0.00236. The molecule has 0 spiro atoms. The topological polar surface area (TPSA) is 64.6 Å². The van der Waals surface area contributed by atoms with Gasteiger partial charge >= 0.3 is 11.3 Å². The van der Waals surface area contributed by atoms with Gasteiger partial charge < -0.3 is 4.42 Å². The van der Waals surface area contributed by atoms with E-state index in [-0.39, 0.29) is 11.6 Å². The molecule has 0 aliphatic heterocycles. The third-order valence-corrected chi connectivity index (χ3v) is 4.64. The van der Waals surface area contributed by atoms with E-state index in [1.807, 2.05) is 32.0 Å². The molecule has 112 valence electrons. The van der Waals surface area contributed by atoms with Gasteiger partial charge in [-0.25, -0.2) is 9.36 Å². The molecule has 22 heavy (non-hydrogen) atoms. The highest BCUT2D eigenvalue weighted by Gasteiger charge is 2.17. The zero-order valence-electron chi connectivity index (χ0n) is 12.4. The first-order valence-corrected chi connectivity index (χ1v) is 7.57. The Hall–Kier alpha value is -2.47. The molecule has 3 rings (SSSR count). The zero-order chi connectivity index (χ0) is 15.9. The Kier molecular flexibility index (Phi) is 3.54. The summed E-state index contributed by atoms with van der Waals surface area (Å²) in [6.07, 6.45) is 0. The van der Waals surface area contributed by atoms with Gasteiger partial charge in [-0.2, -0.15) is 4.99 Å². The second-order valence-corrected chi connectivity index (χ2v) is 6.14. The Labute approximate surface area is 130 Å². The Balaban J connectivity index is 2.46. The van der Waals surface area contributed by atoms with Gasteiger partial charge in [-0.1, -0.05) is 18.2 Å². The molecule has 0 unspecified atom stereocenters. The smallest absolute Gasteiger partial charge is 0.349 e. The van der Waals surface area contributed by atoms with Gasteiger partial charge in [-0.05, 0) is 31.5 Å². The Bertz CT molecular complexity index is 994. The molecule has 0 atom stereocenters. The minimum Gasteiger partial charge on any atom is -0.388 e. The Morgan fingerprint density at radius 2 is 1.91 bits per heavy atom. The minimum atomic E-state index is -0.468. The van der Waals surface area contributed by atoms with Gasteiger partial charge in [0.1, 0.15) is 4.83 Å². The summed E-state index contributed by atoms with van der Waals surface area (Å²) < 4.78 is 6.66. The van der Waals surface area contributed by atoms with Crippen LogP contribution in [-0.2, 0) is 0 Å². The first-order chi connectivity index (χ1) is 10.5. The number of para-hydroxylation sites is 1. The Morgan fingerprint density at radius 3 is 2.55 bits per heavy atom. The lowest BCUT2D eigenvalue weighted by molar-refractivity contribution is 0.0926. The highest BCUT2D eigenvalue weighted by Crippen LogP contribution is 2.26. The predicted molar refractivity (Wildman–Crippen MR) is 85.8 cm³/mol. The van der Waals surface area contributed by atoms with Crippen molar-refractivity contribution in [3.63, 3.8) is 0 Å². The molecule has 3 aromatic rings. The summed E-state index contributed by atoms with van der Waals surface area (Å²) in [5, 5.41) is 0.449. The standard InChI is InChI=1S/C16H14N2O3S/c1-9-10(2)22-14-13(9)15(20)21-16(18(14)11(3)19)17-12-7-5-4-6-8-12/h4-8H,1-3H3. The number of thiophene rings is 1. The maximum absolute atomic E-state index is 12.3. The van der Waals surface area contributed by atoms with Crippen LogP contribution in [0.5, 0.6) is 0 Å². The van der Waals surface area contributed by atoms with Crippen molar-refractivity contribution < 1.29 is 9.21 Å². The number of benzene rings is 1. The van der Waals surface area contributed by atoms with Crippen molar-refractivity contribution in [2.24, 2.45) is 4.99 Å². The predicted octanol–water partition coefficient (Wildman–Crippen LogP) is 3.17. The molecule has 6 heteroatoms. The van der Waals surface area contributed by atoms with E-state index in [1.54, 1.807) is 12.1 Å². The number of fused-ring (bicyclic) bond motifs is 1. The second kappa shape index (κ2) is 5.38. The Morgan fingerprint density at radius 1 is 1.23 bits per heavy atom. The van der Waals surface area contributed by atoms with E-state index in [0.717, 1.165) is 10.4 Å². The number of carbonyl (C=O) groups excluding carboxylic acids is 1. The summed E-state index contributed by atoms with van der Waals surface area (Å²) >= 11 is 1.39. The lowest BCUT2D eigenvalue weighted by atomic mass is 10.2. The molecule has 0 saturated carbocycles. The van der Waals surface area contributed by atoms with Crippen LogP contribution in [0.25, 0.3) is 10.2 Å². The monoisotopic (exact) mass is 314 g/mol. The van der Waals surface area contributed by atoms with Gasteiger partial charge in [0.15, 0.2) is 0 Å². The molecule has 0 amide bonds. The van der Waals surface area contributed by atoms with Crippen molar-refractivity contribution in [3.05, 3.63) is 56.9 Å². The summed E-state index contributed by atoms with van der Waals surface area (Å²) in [7, 11) is 0. The average Bonchev–Trinajstić information content (AvgIpc) is 2.75. The normalized spacial score (nSPS) is 12.0. The molecule has 0 bridgehead atoms. The third kappa shape index (κ3) is 2.31. The molecule has 0 aliphatic rings. The number of aryl methyl sites for hydroxylation is 2. The average molecular weight is 314 g/mol. The lowest BCUT2D eigenvalue weighted by Gasteiger charge is -2.03. The SMILES string of the molecule is CC(=O)n1c(=Nc2ccccc2)oc(=O)c2c(C)c(C)sc21. The molecule has 0 radical (unpaired) electrons. The van der Waals surface area contributed by atoms with Crippen LogP contribution < -0.4 is 11.3 Å². The summed E-state index contributed by atoms with van der Waals surface area (Å²) in [4.78, 5) is 30.2. The maximum atomic E-state index is 12.3. The number of hydrogen-bond acceptors (Lipinski definition) is 5. The van der Waals surface area contributed by atoms with Gasteiger partial charge in [0.05, 0.1) is 11.1 Å². The van der Waals surface area contributed by atoms with Crippen LogP contribution in [0.1, 0.15) is 22.2 Å². The van der Waals surface area contributed by atoms with Gasteiger partial charge in [0.25, 0.3) is 0 Å². The third-order valence-electron chi connectivity index (χ3n) is 3.45. The quantitative estimate of drug-likeness (QED) is 0.693. The zero-order valence-corrected chi connectivity index (χ0v) is 13.2. The summed E-state index contributed by atoms with van der Waals surface area (Å²) in [6.45, 7) is 5.19. The summed E-state index contributed by atoms with van der Waals surface area (Å²) in [5.41, 5.74) is 0.987. The van der Waals surface area contributed by atoms with Crippen molar-refractivity contribution in [3.8, 4) is 0 Å². The molecule has 0 N–H and O–H groups in total. The fourth-order valence-corrected chi connectivity index (χ4v) is 3.42. The van der Waals surface area contributed by atoms with Crippen molar-refractivity contribution in [1.29, 1.82) is 0 Å².